The summed E-state index contributed by atoms with van der Waals surface area (Å²) >= 11 is 0. The molecule has 1 saturated carbocycles. The van der Waals surface area contributed by atoms with Gasteiger partial charge in [0, 0.05) is 43.3 Å². The molecule has 1 aromatic carbocycles. The fraction of sp³-hybridized carbons (Fsp3) is 0.556. The molecule has 1 aliphatic heterocycles. The van der Waals surface area contributed by atoms with Crippen molar-refractivity contribution in [3.63, 3.8) is 0 Å². The molecule has 2 aliphatic rings. The van der Waals surface area contributed by atoms with E-state index in [2.05, 4.69) is 15.5 Å². The Bertz CT molecular complexity index is 629. The van der Waals surface area contributed by atoms with Gasteiger partial charge in [0.05, 0.1) is 0 Å². The Hall–Kier alpha value is -2.11. The number of nitrogens with zero attached hydrogens (tertiary/aromatic N) is 1. The summed E-state index contributed by atoms with van der Waals surface area (Å²) in [5.74, 6) is 0.00893. The predicted octanol–water partition coefficient (Wildman–Crippen LogP) is 2.53. The highest BCUT2D eigenvalue weighted by atomic mass is 19.1. The van der Waals surface area contributed by atoms with E-state index in [0.717, 1.165) is 38.0 Å². The largest absolute Gasteiger partial charge is 0.371 e. The van der Waals surface area contributed by atoms with Gasteiger partial charge in [-0.2, -0.15) is 0 Å². The summed E-state index contributed by atoms with van der Waals surface area (Å²) in [6, 6.07) is 4.62. The van der Waals surface area contributed by atoms with E-state index >= 15 is 0 Å². The lowest BCUT2D eigenvalue weighted by molar-refractivity contribution is -0.122. The number of amides is 2. The van der Waals surface area contributed by atoms with Gasteiger partial charge in [0.2, 0.25) is 11.8 Å². The van der Waals surface area contributed by atoms with Crippen LogP contribution in [0.1, 0.15) is 32.6 Å². The number of halogens is 1. The Balaban J connectivity index is 1.49. The van der Waals surface area contributed by atoms with Gasteiger partial charge in [0.1, 0.15) is 5.82 Å². The summed E-state index contributed by atoms with van der Waals surface area (Å²) in [5, 5.41) is 5.49. The molecule has 2 atom stereocenters. The molecule has 6 heteroatoms. The van der Waals surface area contributed by atoms with Gasteiger partial charge in [0.25, 0.3) is 0 Å². The van der Waals surface area contributed by atoms with Crippen molar-refractivity contribution in [2.45, 2.75) is 32.6 Å². The highest BCUT2D eigenvalue weighted by molar-refractivity contribution is 5.92. The number of nitrogens with one attached hydrogen (secondary N) is 2. The molecule has 1 heterocycles. The van der Waals surface area contributed by atoms with E-state index in [1.807, 2.05) is 6.92 Å². The molecule has 0 bridgehead atoms. The van der Waals surface area contributed by atoms with Crippen LogP contribution in [0.4, 0.5) is 15.8 Å². The van der Waals surface area contributed by atoms with Gasteiger partial charge in [-0.05, 0) is 43.4 Å². The Morgan fingerprint density at radius 2 is 1.96 bits per heavy atom. The van der Waals surface area contributed by atoms with Crippen molar-refractivity contribution >= 4 is 23.2 Å². The maximum atomic E-state index is 13.8. The van der Waals surface area contributed by atoms with E-state index in [4.69, 9.17) is 0 Å². The number of hydrogen-bond acceptors (Lipinski definition) is 3. The van der Waals surface area contributed by atoms with Crippen LogP contribution in [0.2, 0.25) is 0 Å². The second-order valence-corrected chi connectivity index (χ2v) is 6.80. The smallest absolute Gasteiger partial charge is 0.226 e. The van der Waals surface area contributed by atoms with Crippen LogP contribution < -0.4 is 15.5 Å². The minimum Gasteiger partial charge on any atom is -0.371 e. The minimum atomic E-state index is -0.356. The molecule has 2 fully saturated rings. The molecule has 2 amide bonds. The van der Waals surface area contributed by atoms with Crippen LogP contribution in [-0.4, -0.2) is 31.4 Å². The van der Waals surface area contributed by atoms with E-state index in [-0.39, 0.29) is 30.0 Å². The molecule has 24 heavy (non-hydrogen) atoms. The third-order valence-corrected chi connectivity index (χ3v) is 4.74. The van der Waals surface area contributed by atoms with Crippen LogP contribution in [0.3, 0.4) is 0 Å². The first-order valence-electron chi connectivity index (χ1n) is 8.66. The molecule has 130 valence electrons. The number of hydrogen-bond donors (Lipinski definition) is 2. The van der Waals surface area contributed by atoms with Crippen molar-refractivity contribution in [2.75, 3.05) is 29.9 Å². The van der Waals surface area contributed by atoms with Gasteiger partial charge in [0.15, 0.2) is 0 Å². The summed E-state index contributed by atoms with van der Waals surface area (Å²) in [4.78, 5) is 25.8. The summed E-state index contributed by atoms with van der Waals surface area (Å²) in [6.45, 7) is 4.19. The van der Waals surface area contributed by atoms with Crippen molar-refractivity contribution in [3.05, 3.63) is 24.0 Å². The molecule has 3 rings (SSSR count). The summed E-state index contributed by atoms with van der Waals surface area (Å²) < 4.78 is 13.8. The lowest BCUT2D eigenvalue weighted by Gasteiger charge is -2.18. The number of anilines is 2. The van der Waals surface area contributed by atoms with Crippen molar-refractivity contribution in [1.29, 1.82) is 0 Å². The Kier molecular flexibility index (Phi) is 5.02. The lowest BCUT2D eigenvalue weighted by Crippen LogP contribution is -2.29. The number of benzene rings is 1. The van der Waals surface area contributed by atoms with E-state index in [9.17, 15) is 14.0 Å². The second-order valence-electron chi connectivity index (χ2n) is 6.80. The molecular weight excluding hydrogens is 309 g/mol. The Morgan fingerprint density at radius 1 is 1.25 bits per heavy atom. The topological polar surface area (TPSA) is 61.4 Å². The number of carbonyl (C=O) groups excluding carboxylic acids is 2. The van der Waals surface area contributed by atoms with E-state index < -0.39 is 0 Å². The zero-order valence-corrected chi connectivity index (χ0v) is 14.0. The predicted molar refractivity (Wildman–Crippen MR) is 91.4 cm³/mol. The maximum Gasteiger partial charge on any atom is 0.226 e. The second kappa shape index (κ2) is 7.20. The zero-order valence-electron chi connectivity index (χ0n) is 14.0. The van der Waals surface area contributed by atoms with Gasteiger partial charge in [-0.3, -0.25) is 9.59 Å². The van der Waals surface area contributed by atoms with Crippen LogP contribution >= 0.6 is 0 Å². The normalized spacial score (nSPS) is 22.3. The van der Waals surface area contributed by atoms with Gasteiger partial charge >= 0.3 is 0 Å². The molecule has 5 nitrogen and oxygen atoms in total. The standard InChI is InChI=1S/C18H24FN3O2/c1-12-8-16(12)18(24)20-5-4-17(23)21-14-9-13(19)10-15(11-14)22-6-2-3-7-22/h9-12,16H,2-8H2,1H3,(H,20,24)(H,21,23). The van der Waals surface area contributed by atoms with Gasteiger partial charge in [-0.15, -0.1) is 0 Å². The van der Waals surface area contributed by atoms with Crippen molar-refractivity contribution < 1.29 is 14.0 Å². The van der Waals surface area contributed by atoms with E-state index in [1.165, 1.54) is 12.1 Å². The Morgan fingerprint density at radius 3 is 2.62 bits per heavy atom. The zero-order chi connectivity index (χ0) is 17.1. The highest BCUT2D eigenvalue weighted by Gasteiger charge is 2.38. The summed E-state index contributed by atoms with van der Waals surface area (Å²) in [6.07, 6.45) is 3.33. The van der Waals surface area contributed by atoms with Crippen LogP contribution in [0, 0.1) is 17.7 Å². The monoisotopic (exact) mass is 333 g/mol. The first-order chi connectivity index (χ1) is 11.5. The average molecular weight is 333 g/mol. The number of rotatable bonds is 6. The molecule has 1 aliphatic carbocycles. The van der Waals surface area contributed by atoms with Crippen LogP contribution in [0.25, 0.3) is 0 Å². The summed E-state index contributed by atoms with van der Waals surface area (Å²) in [5.41, 5.74) is 1.27. The third kappa shape index (κ3) is 4.24. The molecule has 0 aromatic heterocycles. The van der Waals surface area contributed by atoms with E-state index in [0.29, 0.717) is 18.2 Å². The Labute approximate surface area is 141 Å². The quantitative estimate of drug-likeness (QED) is 0.841. The SMILES string of the molecule is CC1CC1C(=O)NCCC(=O)Nc1cc(F)cc(N2CCCC2)c1. The molecule has 2 unspecified atom stereocenters. The third-order valence-electron chi connectivity index (χ3n) is 4.74. The fourth-order valence-corrected chi connectivity index (χ4v) is 3.15. The first-order valence-corrected chi connectivity index (χ1v) is 8.66. The van der Waals surface area contributed by atoms with Gasteiger partial charge in [-0.1, -0.05) is 6.92 Å². The minimum absolute atomic E-state index is 0.0253. The van der Waals surface area contributed by atoms with Crippen LogP contribution in [-0.2, 0) is 9.59 Å². The highest BCUT2D eigenvalue weighted by Crippen LogP contribution is 2.37. The van der Waals surface area contributed by atoms with Gasteiger partial charge < -0.3 is 15.5 Å². The first kappa shape index (κ1) is 16.7. The average Bonchev–Trinajstić information content (AvgIpc) is 3.03. The fourth-order valence-electron chi connectivity index (χ4n) is 3.15. The van der Waals surface area contributed by atoms with Crippen molar-refractivity contribution in [1.82, 2.24) is 5.32 Å². The maximum absolute atomic E-state index is 13.8. The molecule has 1 aromatic rings. The molecule has 0 spiro atoms. The van der Waals surface area contributed by atoms with Crippen molar-refractivity contribution in [3.8, 4) is 0 Å². The summed E-state index contributed by atoms with van der Waals surface area (Å²) in [7, 11) is 0. The van der Waals surface area contributed by atoms with Crippen molar-refractivity contribution in [2.24, 2.45) is 11.8 Å². The lowest BCUT2D eigenvalue weighted by atomic mass is 10.2. The molecule has 1 saturated heterocycles. The van der Waals surface area contributed by atoms with Crippen LogP contribution in [0.5, 0.6) is 0 Å². The number of carbonyl (C=O) groups is 2. The molecule has 0 radical (unpaired) electrons. The van der Waals surface area contributed by atoms with E-state index in [1.54, 1.807) is 6.07 Å². The van der Waals surface area contributed by atoms with Crippen LogP contribution in [0.15, 0.2) is 18.2 Å². The molecular formula is C18H24FN3O2. The molecule has 2 N–H and O–H groups in total. The van der Waals surface area contributed by atoms with Gasteiger partial charge in [-0.25, -0.2) is 4.39 Å².